The Morgan fingerprint density at radius 1 is 1.19 bits per heavy atom. The van der Waals surface area contributed by atoms with Crippen LogP contribution in [0.5, 0.6) is 0 Å². The number of aryl methyl sites for hydroxylation is 1. The van der Waals surface area contributed by atoms with Gasteiger partial charge in [-0.3, -0.25) is 9.59 Å². The lowest BCUT2D eigenvalue weighted by molar-refractivity contribution is -0.113. The van der Waals surface area contributed by atoms with E-state index in [1.54, 1.807) is 24.3 Å². The van der Waals surface area contributed by atoms with E-state index in [0.29, 0.717) is 16.4 Å². The third-order valence-electron chi connectivity index (χ3n) is 3.22. The molecule has 2 heterocycles. The fourth-order valence-corrected chi connectivity index (χ4v) is 3.02. The summed E-state index contributed by atoms with van der Waals surface area (Å²) in [6, 6.07) is 10.9. The SMILES string of the molecule is CCc1ccccc1N1C(=O)S/C(=C/c2ccco2)C1=O. The topological polar surface area (TPSA) is 50.5 Å². The van der Waals surface area contributed by atoms with Gasteiger partial charge in [-0.25, -0.2) is 4.90 Å². The molecule has 1 fully saturated rings. The molecule has 0 saturated carbocycles. The van der Waals surface area contributed by atoms with Gasteiger partial charge in [-0.05, 0) is 41.9 Å². The van der Waals surface area contributed by atoms with Crippen LogP contribution in [-0.4, -0.2) is 11.1 Å². The Morgan fingerprint density at radius 2 is 2.00 bits per heavy atom. The molecule has 0 N–H and O–H groups in total. The lowest BCUT2D eigenvalue weighted by Gasteiger charge is -2.16. The van der Waals surface area contributed by atoms with Gasteiger partial charge >= 0.3 is 0 Å². The van der Waals surface area contributed by atoms with Crippen LogP contribution in [0, 0.1) is 0 Å². The number of carbonyl (C=O) groups excluding carboxylic acids is 2. The maximum absolute atomic E-state index is 12.5. The fraction of sp³-hybridized carbons (Fsp3) is 0.125. The number of furan rings is 1. The second kappa shape index (κ2) is 5.61. The van der Waals surface area contributed by atoms with Crippen LogP contribution in [0.1, 0.15) is 18.2 Å². The Hall–Kier alpha value is -2.27. The molecule has 0 bridgehead atoms. The number of para-hydroxylation sites is 1. The minimum Gasteiger partial charge on any atom is -0.465 e. The normalized spacial score (nSPS) is 17.0. The zero-order valence-corrected chi connectivity index (χ0v) is 12.2. The van der Waals surface area contributed by atoms with Crippen molar-refractivity contribution in [3.8, 4) is 0 Å². The van der Waals surface area contributed by atoms with Gasteiger partial charge in [-0.2, -0.15) is 0 Å². The van der Waals surface area contributed by atoms with Crippen LogP contribution >= 0.6 is 11.8 Å². The third kappa shape index (κ3) is 2.52. The van der Waals surface area contributed by atoms with E-state index in [9.17, 15) is 9.59 Å². The Kier molecular flexibility index (Phi) is 3.66. The van der Waals surface area contributed by atoms with Crippen molar-refractivity contribution >= 4 is 34.7 Å². The van der Waals surface area contributed by atoms with E-state index in [1.165, 1.54) is 11.2 Å². The number of anilines is 1. The predicted octanol–water partition coefficient (Wildman–Crippen LogP) is 4.08. The van der Waals surface area contributed by atoms with E-state index in [4.69, 9.17) is 4.42 Å². The molecule has 4 nitrogen and oxygen atoms in total. The summed E-state index contributed by atoms with van der Waals surface area (Å²) in [4.78, 5) is 26.3. The molecule has 5 heteroatoms. The summed E-state index contributed by atoms with van der Waals surface area (Å²) < 4.78 is 5.19. The van der Waals surface area contributed by atoms with Crippen LogP contribution in [-0.2, 0) is 11.2 Å². The van der Waals surface area contributed by atoms with Crippen molar-refractivity contribution in [3.63, 3.8) is 0 Å². The molecule has 0 atom stereocenters. The predicted molar refractivity (Wildman–Crippen MR) is 83.0 cm³/mol. The maximum atomic E-state index is 12.5. The first kappa shape index (κ1) is 13.7. The van der Waals surface area contributed by atoms with E-state index in [-0.39, 0.29) is 11.1 Å². The first-order valence-corrected chi connectivity index (χ1v) is 7.41. The van der Waals surface area contributed by atoms with E-state index >= 15 is 0 Å². The number of rotatable bonds is 3. The molecule has 2 aromatic rings. The number of imide groups is 1. The van der Waals surface area contributed by atoms with E-state index < -0.39 is 0 Å². The monoisotopic (exact) mass is 299 g/mol. The number of hydrogen-bond acceptors (Lipinski definition) is 4. The largest absolute Gasteiger partial charge is 0.465 e. The fourth-order valence-electron chi connectivity index (χ4n) is 2.21. The molecule has 1 aliphatic rings. The van der Waals surface area contributed by atoms with Crippen LogP contribution in [0.15, 0.2) is 52.0 Å². The molecule has 0 spiro atoms. The second-order valence-corrected chi connectivity index (χ2v) is 5.51. The molecule has 21 heavy (non-hydrogen) atoms. The molecule has 1 aromatic heterocycles. The number of amides is 2. The number of benzene rings is 1. The molecular formula is C16H13NO3S. The van der Waals surface area contributed by atoms with Crippen molar-refractivity contribution in [1.29, 1.82) is 0 Å². The summed E-state index contributed by atoms with van der Waals surface area (Å²) in [6.07, 6.45) is 3.89. The average Bonchev–Trinajstić information content (AvgIpc) is 3.09. The van der Waals surface area contributed by atoms with Crippen molar-refractivity contribution in [2.24, 2.45) is 0 Å². The van der Waals surface area contributed by atoms with Gasteiger partial charge in [0, 0.05) is 6.08 Å². The highest BCUT2D eigenvalue weighted by atomic mass is 32.2. The van der Waals surface area contributed by atoms with Gasteiger partial charge in [0.2, 0.25) is 0 Å². The van der Waals surface area contributed by atoms with Gasteiger partial charge in [-0.1, -0.05) is 25.1 Å². The Labute approximate surface area is 126 Å². The van der Waals surface area contributed by atoms with Crippen LogP contribution in [0.4, 0.5) is 10.5 Å². The zero-order valence-electron chi connectivity index (χ0n) is 11.4. The summed E-state index contributed by atoms with van der Waals surface area (Å²) in [5, 5.41) is -0.279. The molecule has 106 valence electrons. The highest BCUT2D eigenvalue weighted by molar-refractivity contribution is 8.19. The standard InChI is InChI=1S/C16H13NO3S/c1-2-11-6-3-4-8-13(11)17-15(18)14(21-16(17)19)10-12-7-5-9-20-12/h3-10H,2H2,1H3/b14-10+. The molecule has 1 saturated heterocycles. The quantitative estimate of drug-likeness (QED) is 0.801. The van der Waals surface area contributed by atoms with Gasteiger partial charge in [0.05, 0.1) is 16.9 Å². The molecule has 1 aliphatic heterocycles. The summed E-state index contributed by atoms with van der Waals surface area (Å²) in [6.45, 7) is 2.00. The van der Waals surface area contributed by atoms with Crippen LogP contribution in [0.2, 0.25) is 0 Å². The van der Waals surface area contributed by atoms with Gasteiger partial charge in [0.25, 0.3) is 11.1 Å². The van der Waals surface area contributed by atoms with Gasteiger partial charge in [0.1, 0.15) is 5.76 Å². The van der Waals surface area contributed by atoms with Crippen LogP contribution in [0.3, 0.4) is 0 Å². The molecule has 1 aromatic carbocycles. The van der Waals surface area contributed by atoms with Crippen molar-refractivity contribution in [3.05, 3.63) is 58.9 Å². The van der Waals surface area contributed by atoms with Crippen LogP contribution < -0.4 is 4.90 Å². The van der Waals surface area contributed by atoms with E-state index in [2.05, 4.69) is 0 Å². The summed E-state index contributed by atoms with van der Waals surface area (Å²) in [5.41, 5.74) is 1.63. The van der Waals surface area contributed by atoms with Crippen molar-refractivity contribution in [2.75, 3.05) is 4.90 Å². The number of carbonyl (C=O) groups is 2. The molecular weight excluding hydrogens is 286 g/mol. The minimum atomic E-state index is -0.303. The van der Waals surface area contributed by atoms with Crippen LogP contribution in [0.25, 0.3) is 6.08 Å². The minimum absolute atomic E-state index is 0.279. The Balaban J connectivity index is 1.98. The van der Waals surface area contributed by atoms with Crippen molar-refractivity contribution < 1.29 is 14.0 Å². The molecule has 0 radical (unpaired) electrons. The Bertz CT molecular complexity index is 719. The third-order valence-corrected chi connectivity index (χ3v) is 4.09. The maximum Gasteiger partial charge on any atom is 0.298 e. The highest BCUT2D eigenvalue weighted by Gasteiger charge is 2.37. The first-order valence-electron chi connectivity index (χ1n) is 6.60. The van der Waals surface area contributed by atoms with Gasteiger partial charge in [0.15, 0.2) is 0 Å². The molecule has 2 amide bonds. The van der Waals surface area contributed by atoms with Gasteiger partial charge < -0.3 is 4.42 Å². The van der Waals surface area contributed by atoms with Gasteiger partial charge in [-0.15, -0.1) is 0 Å². The number of hydrogen-bond donors (Lipinski definition) is 0. The summed E-state index contributed by atoms with van der Waals surface area (Å²) >= 11 is 0.933. The van der Waals surface area contributed by atoms with E-state index in [1.807, 2.05) is 25.1 Å². The van der Waals surface area contributed by atoms with Crippen molar-refractivity contribution in [2.45, 2.75) is 13.3 Å². The molecule has 0 unspecified atom stereocenters. The average molecular weight is 299 g/mol. The molecule has 3 rings (SSSR count). The van der Waals surface area contributed by atoms with Crippen molar-refractivity contribution in [1.82, 2.24) is 0 Å². The first-order chi connectivity index (χ1) is 10.2. The zero-order chi connectivity index (χ0) is 14.8. The number of nitrogens with zero attached hydrogens (tertiary/aromatic N) is 1. The summed E-state index contributed by atoms with van der Waals surface area (Å²) in [5.74, 6) is 0.256. The lowest BCUT2D eigenvalue weighted by Crippen LogP contribution is -2.28. The number of thioether (sulfide) groups is 1. The van der Waals surface area contributed by atoms with E-state index in [0.717, 1.165) is 23.7 Å². The lowest BCUT2D eigenvalue weighted by atomic mass is 10.1. The second-order valence-electron chi connectivity index (χ2n) is 4.51. The molecule has 0 aliphatic carbocycles. The smallest absolute Gasteiger partial charge is 0.298 e. The highest BCUT2D eigenvalue weighted by Crippen LogP contribution is 2.37. The summed E-state index contributed by atoms with van der Waals surface area (Å²) in [7, 11) is 0. The Morgan fingerprint density at radius 3 is 2.71 bits per heavy atom.